The quantitative estimate of drug-likeness (QED) is 0.240. The fourth-order valence-corrected chi connectivity index (χ4v) is 7.12. The molecule has 2 nitrogen and oxygen atoms in total. The molecule has 4 aliphatic rings. The first-order valence-electron chi connectivity index (χ1n) is 12.6. The van der Waals surface area contributed by atoms with Gasteiger partial charge in [0.2, 0.25) is 0 Å². The summed E-state index contributed by atoms with van der Waals surface area (Å²) in [5, 5.41) is 0. The van der Waals surface area contributed by atoms with Gasteiger partial charge in [-0.05, 0) is 97.8 Å². The van der Waals surface area contributed by atoms with Gasteiger partial charge < -0.3 is 4.90 Å². The van der Waals surface area contributed by atoms with Crippen LogP contribution in [0.1, 0.15) is 44.5 Å². The summed E-state index contributed by atoms with van der Waals surface area (Å²) in [4.78, 5) is 7.02. The zero-order valence-corrected chi connectivity index (χ0v) is 19.3. The van der Waals surface area contributed by atoms with E-state index in [1.165, 1.54) is 83.8 Å². The van der Waals surface area contributed by atoms with Crippen molar-refractivity contribution >= 4 is 17.1 Å². The van der Waals surface area contributed by atoms with Gasteiger partial charge in [0.15, 0.2) is 0 Å². The van der Waals surface area contributed by atoms with Crippen molar-refractivity contribution in [3.05, 3.63) is 130 Å². The van der Waals surface area contributed by atoms with Crippen LogP contribution in [-0.4, -0.2) is 4.98 Å². The number of hydrogen-bond acceptors (Lipinski definition) is 2. The largest absolute Gasteiger partial charge is 0.308 e. The Balaban J connectivity index is 1.27. The molecule has 9 rings (SSSR count). The SMILES string of the molecule is c1ccc2c(c1)Cc1ccc3c(c1-2)Cc1cc2c(cc1-3)Cc1cccc3c1N2c1cnccc1C3. The van der Waals surface area contributed by atoms with Gasteiger partial charge >= 0.3 is 0 Å². The lowest BCUT2D eigenvalue weighted by molar-refractivity contribution is 0.999. The predicted molar refractivity (Wildman–Crippen MR) is 141 cm³/mol. The van der Waals surface area contributed by atoms with Crippen molar-refractivity contribution in [2.24, 2.45) is 0 Å². The zero-order chi connectivity index (χ0) is 22.7. The van der Waals surface area contributed by atoms with Crippen molar-refractivity contribution in [3.63, 3.8) is 0 Å². The Hall–Kier alpha value is -4.17. The number of aromatic nitrogens is 1. The maximum absolute atomic E-state index is 4.52. The Morgan fingerprint density at radius 2 is 1.37 bits per heavy atom. The second kappa shape index (κ2) is 6.28. The molecule has 2 aliphatic heterocycles. The van der Waals surface area contributed by atoms with E-state index in [2.05, 4.69) is 88.9 Å². The van der Waals surface area contributed by atoms with E-state index in [4.69, 9.17) is 0 Å². The number of benzene rings is 4. The summed E-state index contributed by atoms with van der Waals surface area (Å²) in [5.41, 5.74) is 21.3. The molecule has 4 aromatic carbocycles. The van der Waals surface area contributed by atoms with Crippen LogP contribution in [0, 0.1) is 0 Å². The van der Waals surface area contributed by atoms with E-state index in [0.717, 1.165) is 25.7 Å². The summed E-state index contributed by atoms with van der Waals surface area (Å²) in [6.45, 7) is 0. The fourth-order valence-electron chi connectivity index (χ4n) is 7.12. The van der Waals surface area contributed by atoms with Crippen molar-refractivity contribution < 1.29 is 0 Å². The Labute approximate surface area is 204 Å². The van der Waals surface area contributed by atoms with Gasteiger partial charge in [-0.25, -0.2) is 0 Å². The standard InChI is InChI=1S/C33H22N2/c1-2-7-26-19(4-1)12-21-8-9-27-28-16-25-14-23-6-3-5-22-13-20-10-11-34-18-31(20)35(33(22)23)30(25)17-24(28)15-29(27)32(21)26/h1-11,16-18H,12-15H2. The minimum atomic E-state index is 0.981. The highest BCUT2D eigenvalue weighted by Gasteiger charge is 2.34. The molecule has 0 bridgehead atoms. The predicted octanol–water partition coefficient (Wildman–Crippen LogP) is 7.50. The van der Waals surface area contributed by atoms with Gasteiger partial charge in [0.05, 0.1) is 23.3 Å². The fraction of sp³-hybridized carbons (Fsp3) is 0.121. The minimum Gasteiger partial charge on any atom is -0.308 e. The van der Waals surface area contributed by atoms with Gasteiger partial charge in [-0.2, -0.15) is 0 Å². The van der Waals surface area contributed by atoms with Crippen LogP contribution in [0.3, 0.4) is 0 Å². The second-order valence-electron chi connectivity index (χ2n) is 10.4. The molecule has 164 valence electrons. The molecule has 2 heteroatoms. The maximum atomic E-state index is 4.52. The molecule has 3 heterocycles. The number of nitrogens with zero attached hydrogens (tertiary/aromatic N) is 2. The molecule has 0 fully saturated rings. The van der Waals surface area contributed by atoms with Crippen LogP contribution in [-0.2, 0) is 25.7 Å². The molecule has 0 amide bonds. The molecule has 5 aromatic rings. The van der Waals surface area contributed by atoms with Crippen molar-refractivity contribution in [1.29, 1.82) is 0 Å². The summed E-state index contributed by atoms with van der Waals surface area (Å²) < 4.78 is 0. The van der Waals surface area contributed by atoms with Crippen LogP contribution in [0.5, 0.6) is 0 Å². The molecule has 0 saturated carbocycles. The molecule has 0 N–H and O–H groups in total. The molecule has 35 heavy (non-hydrogen) atoms. The highest BCUT2D eigenvalue weighted by Crippen LogP contribution is 2.54. The first kappa shape index (κ1) is 18.2. The lowest BCUT2D eigenvalue weighted by atomic mass is 9.85. The Morgan fingerprint density at radius 3 is 2.31 bits per heavy atom. The topological polar surface area (TPSA) is 16.1 Å². The average molecular weight is 447 g/mol. The van der Waals surface area contributed by atoms with Crippen molar-refractivity contribution in [1.82, 2.24) is 4.98 Å². The number of pyridine rings is 1. The molecule has 0 spiro atoms. The van der Waals surface area contributed by atoms with Gasteiger partial charge in [0, 0.05) is 19.0 Å². The van der Waals surface area contributed by atoms with Gasteiger partial charge in [-0.15, -0.1) is 0 Å². The minimum absolute atomic E-state index is 0.981. The summed E-state index contributed by atoms with van der Waals surface area (Å²) in [6.07, 6.45) is 8.01. The Bertz CT molecular complexity index is 1760. The van der Waals surface area contributed by atoms with Crippen LogP contribution in [0.2, 0.25) is 0 Å². The van der Waals surface area contributed by atoms with Crippen molar-refractivity contribution in [2.75, 3.05) is 4.90 Å². The summed E-state index contributed by atoms with van der Waals surface area (Å²) in [5.74, 6) is 0. The molecule has 2 aliphatic carbocycles. The highest BCUT2D eigenvalue weighted by atomic mass is 15.2. The molecule has 1 aromatic heterocycles. The highest BCUT2D eigenvalue weighted by molar-refractivity contribution is 5.94. The molecule has 0 saturated heterocycles. The molecular weight excluding hydrogens is 424 g/mol. The first-order chi connectivity index (χ1) is 17.3. The Morgan fingerprint density at radius 1 is 0.543 bits per heavy atom. The van der Waals surface area contributed by atoms with Gasteiger partial charge in [-0.1, -0.05) is 54.6 Å². The van der Waals surface area contributed by atoms with E-state index in [0.29, 0.717) is 0 Å². The lowest BCUT2D eigenvalue weighted by Crippen LogP contribution is -2.25. The van der Waals surface area contributed by atoms with E-state index in [-0.39, 0.29) is 0 Å². The van der Waals surface area contributed by atoms with Gasteiger partial charge in [0.25, 0.3) is 0 Å². The van der Waals surface area contributed by atoms with E-state index in [9.17, 15) is 0 Å². The van der Waals surface area contributed by atoms with Gasteiger partial charge in [0.1, 0.15) is 0 Å². The van der Waals surface area contributed by atoms with Crippen LogP contribution in [0.4, 0.5) is 17.1 Å². The number of hydrogen-bond donors (Lipinski definition) is 0. The summed E-state index contributed by atoms with van der Waals surface area (Å²) in [6, 6.07) is 27.7. The smallest absolute Gasteiger partial charge is 0.0680 e. The van der Waals surface area contributed by atoms with E-state index in [1.807, 2.05) is 6.20 Å². The van der Waals surface area contributed by atoms with E-state index >= 15 is 0 Å². The third kappa shape index (κ3) is 2.27. The zero-order valence-electron chi connectivity index (χ0n) is 19.3. The van der Waals surface area contributed by atoms with Crippen LogP contribution in [0.15, 0.2) is 85.2 Å². The third-order valence-corrected chi connectivity index (χ3v) is 8.59. The van der Waals surface area contributed by atoms with E-state index < -0.39 is 0 Å². The monoisotopic (exact) mass is 446 g/mol. The van der Waals surface area contributed by atoms with Gasteiger partial charge in [-0.3, -0.25) is 4.98 Å². The van der Waals surface area contributed by atoms with Crippen LogP contribution < -0.4 is 4.90 Å². The molecular formula is C33H22N2. The normalized spacial score (nSPS) is 14.9. The molecule has 0 unspecified atom stereocenters. The second-order valence-corrected chi connectivity index (χ2v) is 10.4. The van der Waals surface area contributed by atoms with Crippen LogP contribution >= 0.6 is 0 Å². The van der Waals surface area contributed by atoms with E-state index in [1.54, 1.807) is 0 Å². The molecule has 0 radical (unpaired) electrons. The number of rotatable bonds is 0. The Kier molecular flexibility index (Phi) is 3.27. The summed E-state index contributed by atoms with van der Waals surface area (Å²) >= 11 is 0. The number of anilines is 3. The number of fused-ring (bicyclic) bond motifs is 11. The lowest BCUT2D eigenvalue weighted by Gasteiger charge is -2.39. The summed E-state index contributed by atoms with van der Waals surface area (Å²) in [7, 11) is 0. The average Bonchev–Trinajstić information content (AvgIpc) is 3.45. The van der Waals surface area contributed by atoms with Crippen molar-refractivity contribution in [2.45, 2.75) is 25.7 Å². The third-order valence-electron chi connectivity index (χ3n) is 8.59. The van der Waals surface area contributed by atoms with Crippen LogP contribution in [0.25, 0.3) is 22.3 Å². The number of para-hydroxylation sites is 1. The molecule has 0 atom stereocenters. The van der Waals surface area contributed by atoms with Crippen molar-refractivity contribution in [3.8, 4) is 22.3 Å². The first-order valence-corrected chi connectivity index (χ1v) is 12.6. The maximum Gasteiger partial charge on any atom is 0.0680 e.